The molecule has 0 unspecified atom stereocenters. The average Bonchev–Trinajstić information content (AvgIpc) is 2.75. The van der Waals surface area contributed by atoms with Gasteiger partial charge in [0, 0.05) is 25.8 Å². The van der Waals surface area contributed by atoms with Crippen LogP contribution >= 0.6 is 0 Å². The predicted octanol–water partition coefficient (Wildman–Crippen LogP) is 1.37. The molecule has 0 aliphatic heterocycles. The van der Waals surface area contributed by atoms with Crippen molar-refractivity contribution in [2.75, 3.05) is 18.9 Å². The first kappa shape index (κ1) is 13.9. The first-order chi connectivity index (χ1) is 9.13. The number of carbonyl (C=O) groups is 1. The van der Waals surface area contributed by atoms with E-state index in [2.05, 4.69) is 0 Å². The second kappa shape index (κ2) is 6.10. The van der Waals surface area contributed by atoms with Crippen molar-refractivity contribution in [2.45, 2.75) is 38.1 Å². The van der Waals surface area contributed by atoms with E-state index < -0.39 is 0 Å². The Labute approximate surface area is 114 Å². The number of aliphatic hydroxyl groups is 1. The topological polar surface area (TPSA) is 71.5 Å². The van der Waals surface area contributed by atoms with Gasteiger partial charge in [-0.2, -0.15) is 0 Å². The Kier molecular flexibility index (Phi) is 4.47. The lowest BCUT2D eigenvalue weighted by molar-refractivity contribution is 0.0576. The molecule has 1 aromatic heterocycles. The molecule has 0 bridgehead atoms. The maximum absolute atomic E-state index is 12.6. The number of amides is 1. The van der Waals surface area contributed by atoms with Crippen LogP contribution in [0.4, 0.5) is 5.69 Å². The van der Waals surface area contributed by atoms with Gasteiger partial charge in [0.05, 0.1) is 12.3 Å². The number of hydrogen-bond acceptors (Lipinski definition) is 3. The van der Waals surface area contributed by atoms with E-state index in [1.54, 1.807) is 16.8 Å². The Morgan fingerprint density at radius 3 is 2.68 bits per heavy atom. The molecule has 1 aliphatic carbocycles. The zero-order chi connectivity index (χ0) is 13.8. The van der Waals surface area contributed by atoms with Gasteiger partial charge < -0.3 is 20.3 Å². The first-order valence-corrected chi connectivity index (χ1v) is 6.97. The maximum atomic E-state index is 12.6. The molecule has 2 rings (SSSR count). The van der Waals surface area contributed by atoms with Crippen LogP contribution < -0.4 is 5.73 Å². The molecule has 0 saturated heterocycles. The lowest BCUT2D eigenvalue weighted by atomic mass is 9.94. The van der Waals surface area contributed by atoms with Crippen LogP contribution in [0.3, 0.4) is 0 Å². The van der Waals surface area contributed by atoms with Gasteiger partial charge in [-0.1, -0.05) is 19.3 Å². The number of anilines is 1. The molecule has 5 nitrogen and oxygen atoms in total. The van der Waals surface area contributed by atoms with Crippen molar-refractivity contribution in [2.24, 2.45) is 7.05 Å². The van der Waals surface area contributed by atoms with Gasteiger partial charge in [-0.15, -0.1) is 0 Å². The average molecular weight is 265 g/mol. The van der Waals surface area contributed by atoms with Gasteiger partial charge in [-0.3, -0.25) is 4.79 Å². The van der Waals surface area contributed by atoms with E-state index in [1.807, 2.05) is 11.9 Å². The number of aryl methyl sites for hydroxylation is 1. The van der Waals surface area contributed by atoms with Crippen LogP contribution in [0.25, 0.3) is 0 Å². The van der Waals surface area contributed by atoms with Crippen LogP contribution in [0.1, 0.15) is 42.6 Å². The SMILES string of the molecule is Cn1cc(N)cc1C(=O)N(CCO)C1CCCCC1. The molecule has 1 aliphatic rings. The summed E-state index contributed by atoms with van der Waals surface area (Å²) in [5.74, 6) is -0.0276. The van der Waals surface area contributed by atoms with Crippen molar-refractivity contribution in [1.82, 2.24) is 9.47 Å². The highest BCUT2D eigenvalue weighted by Gasteiger charge is 2.27. The third-order valence-electron chi connectivity index (χ3n) is 3.86. The number of nitrogens with two attached hydrogens (primary N) is 1. The minimum atomic E-state index is -0.0276. The van der Waals surface area contributed by atoms with Gasteiger partial charge in [0.2, 0.25) is 0 Å². The molecule has 0 spiro atoms. The van der Waals surface area contributed by atoms with E-state index in [0.29, 0.717) is 17.9 Å². The van der Waals surface area contributed by atoms with E-state index in [1.165, 1.54) is 6.42 Å². The molecule has 0 aromatic carbocycles. The highest BCUT2D eigenvalue weighted by Crippen LogP contribution is 2.24. The molecule has 1 fully saturated rings. The zero-order valence-corrected chi connectivity index (χ0v) is 11.5. The van der Waals surface area contributed by atoms with E-state index in [9.17, 15) is 9.90 Å². The van der Waals surface area contributed by atoms with Crippen LogP contribution in [0.5, 0.6) is 0 Å². The fourth-order valence-corrected chi connectivity index (χ4v) is 2.90. The second-order valence-corrected chi connectivity index (χ2v) is 5.28. The Balaban J connectivity index is 2.17. The summed E-state index contributed by atoms with van der Waals surface area (Å²) < 4.78 is 1.75. The fourth-order valence-electron chi connectivity index (χ4n) is 2.90. The summed E-state index contributed by atoms with van der Waals surface area (Å²) in [6.07, 6.45) is 7.38. The van der Waals surface area contributed by atoms with E-state index >= 15 is 0 Å². The largest absolute Gasteiger partial charge is 0.397 e. The molecule has 1 aromatic rings. The molecule has 1 heterocycles. The Hall–Kier alpha value is -1.49. The molecule has 5 heteroatoms. The lowest BCUT2D eigenvalue weighted by Gasteiger charge is -2.34. The Morgan fingerprint density at radius 2 is 2.16 bits per heavy atom. The maximum Gasteiger partial charge on any atom is 0.270 e. The molecular formula is C14H23N3O2. The molecule has 0 radical (unpaired) electrons. The number of hydrogen-bond donors (Lipinski definition) is 2. The van der Waals surface area contributed by atoms with Gasteiger partial charge in [0.1, 0.15) is 5.69 Å². The van der Waals surface area contributed by atoms with E-state index in [-0.39, 0.29) is 18.6 Å². The summed E-state index contributed by atoms with van der Waals surface area (Å²) in [4.78, 5) is 14.4. The van der Waals surface area contributed by atoms with Crippen molar-refractivity contribution in [1.29, 1.82) is 0 Å². The van der Waals surface area contributed by atoms with Crippen LogP contribution in [-0.4, -0.2) is 39.7 Å². The monoisotopic (exact) mass is 265 g/mol. The van der Waals surface area contributed by atoms with Crippen LogP contribution in [-0.2, 0) is 7.05 Å². The summed E-state index contributed by atoms with van der Waals surface area (Å²) in [5.41, 5.74) is 6.92. The van der Waals surface area contributed by atoms with Gasteiger partial charge in [0.25, 0.3) is 5.91 Å². The summed E-state index contributed by atoms with van der Waals surface area (Å²) in [5, 5.41) is 9.21. The molecular weight excluding hydrogens is 242 g/mol. The van der Waals surface area contributed by atoms with Crippen molar-refractivity contribution in [3.63, 3.8) is 0 Å². The summed E-state index contributed by atoms with van der Waals surface area (Å²) in [7, 11) is 1.82. The Morgan fingerprint density at radius 1 is 1.47 bits per heavy atom. The van der Waals surface area contributed by atoms with Crippen LogP contribution in [0.15, 0.2) is 12.3 Å². The van der Waals surface area contributed by atoms with Crippen molar-refractivity contribution in [3.8, 4) is 0 Å². The fraction of sp³-hybridized carbons (Fsp3) is 0.643. The van der Waals surface area contributed by atoms with Crippen LogP contribution in [0, 0.1) is 0 Å². The van der Waals surface area contributed by atoms with Gasteiger partial charge >= 0.3 is 0 Å². The van der Waals surface area contributed by atoms with E-state index in [4.69, 9.17) is 5.73 Å². The predicted molar refractivity (Wildman–Crippen MR) is 74.8 cm³/mol. The Bertz CT molecular complexity index is 436. The molecule has 106 valence electrons. The molecule has 1 saturated carbocycles. The number of aromatic nitrogens is 1. The number of rotatable bonds is 4. The van der Waals surface area contributed by atoms with E-state index in [0.717, 1.165) is 25.7 Å². The molecule has 3 N–H and O–H groups in total. The quantitative estimate of drug-likeness (QED) is 0.864. The normalized spacial score (nSPS) is 16.5. The first-order valence-electron chi connectivity index (χ1n) is 6.97. The van der Waals surface area contributed by atoms with Gasteiger partial charge in [-0.05, 0) is 18.9 Å². The summed E-state index contributed by atoms with van der Waals surface area (Å²) in [6.45, 7) is 0.400. The molecule has 19 heavy (non-hydrogen) atoms. The van der Waals surface area contributed by atoms with Gasteiger partial charge in [0.15, 0.2) is 0 Å². The van der Waals surface area contributed by atoms with Crippen molar-refractivity contribution >= 4 is 11.6 Å². The number of nitrogens with zero attached hydrogens (tertiary/aromatic N) is 2. The molecule has 1 amide bonds. The summed E-state index contributed by atoms with van der Waals surface area (Å²) in [6, 6.07) is 1.96. The minimum Gasteiger partial charge on any atom is -0.397 e. The van der Waals surface area contributed by atoms with Crippen LogP contribution in [0.2, 0.25) is 0 Å². The third-order valence-corrected chi connectivity index (χ3v) is 3.86. The van der Waals surface area contributed by atoms with Crippen molar-refractivity contribution in [3.05, 3.63) is 18.0 Å². The van der Waals surface area contributed by atoms with Gasteiger partial charge in [-0.25, -0.2) is 0 Å². The summed E-state index contributed by atoms with van der Waals surface area (Å²) >= 11 is 0. The third kappa shape index (κ3) is 3.10. The highest BCUT2D eigenvalue weighted by atomic mass is 16.3. The van der Waals surface area contributed by atoms with Crippen molar-refractivity contribution < 1.29 is 9.90 Å². The standard InChI is InChI=1S/C14H23N3O2/c1-16-10-11(15)9-13(16)14(19)17(7-8-18)12-5-3-2-4-6-12/h9-10,12,18H,2-8,15H2,1H3. The number of carbonyl (C=O) groups excluding carboxylic acids is 1. The number of aliphatic hydroxyl groups excluding tert-OH is 1. The second-order valence-electron chi connectivity index (χ2n) is 5.28. The number of nitrogen functional groups attached to an aromatic ring is 1. The highest BCUT2D eigenvalue weighted by molar-refractivity contribution is 5.94. The smallest absolute Gasteiger partial charge is 0.270 e. The minimum absolute atomic E-state index is 0.00213. The zero-order valence-electron chi connectivity index (χ0n) is 11.5. The molecule has 0 atom stereocenters. The lowest BCUT2D eigenvalue weighted by Crippen LogP contribution is -2.43.